The second kappa shape index (κ2) is 6.97. The lowest BCUT2D eigenvalue weighted by atomic mass is 10.1. The third kappa shape index (κ3) is 3.06. The van der Waals surface area contributed by atoms with Crippen molar-refractivity contribution in [3.05, 3.63) is 69.6 Å². The molecule has 0 aliphatic rings. The third-order valence-corrected chi connectivity index (χ3v) is 5.41. The Bertz CT molecular complexity index is 1330. The predicted octanol–water partition coefficient (Wildman–Crippen LogP) is 4.06. The van der Waals surface area contributed by atoms with Crippen molar-refractivity contribution in [3.63, 3.8) is 0 Å². The summed E-state index contributed by atoms with van der Waals surface area (Å²) in [5.74, 6) is -0.997. The molecular weight excluding hydrogens is 390 g/mol. The second-order valence-electron chi connectivity index (χ2n) is 7.22. The van der Waals surface area contributed by atoms with Crippen LogP contribution < -0.4 is 10.3 Å². The average molecular weight is 410 g/mol. The second-order valence-corrected chi connectivity index (χ2v) is 7.62. The molecule has 4 aromatic rings. The number of nitrogens with zero attached hydrogens (tertiary/aromatic N) is 3. The van der Waals surface area contributed by atoms with Crippen LogP contribution in [0.15, 0.2) is 53.5 Å². The Balaban J connectivity index is 2.21. The minimum absolute atomic E-state index is 0.146. The summed E-state index contributed by atoms with van der Waals surface area (Å²) in [6.45, 7) is 1.70. The van der Waals surface area contributed by atoms with E-state index in [-0.39, 0.29) is 12.0 Å². The Kier molecular flexibility index (Phi) is 4.59. The number of carbonyl (C=O) groups is 1. The predicted molar refractivity (Wildman–Crippen MR) is 117 cm³/mol. The van der Waals surface area contributed by atoms with Gasteiger partial charge in [0.25, 0.3) is 0 Å². The lowest BCUT2D eigenvalue weighted by molar-refractivity contribution is -0.137. The molecule has 0 saturated carbocycles. The molecule has 2 aromatic heterocycles. The maximum Gasteiger partial charge on any atom is 0.323 e. The molecule has 1 N–H and O–H groups in total. The summed E-state index contributed by atoms with van der Waals surface area (Å²) in [7, 11) is 3.64. The van der Waals surface area contributed by atoms with Crippen LogP contribution in [0.25, 0.3) is 27.5 Å². The quantitative estimate of drug-likeness (QED) is 0.516. The largest absolute Gasteiger partial charge is 0.480 e. The fraction of sp³-hybridized carbons (Fsp3) is 0.182. The number of aliphatic carboxylic acids is 1. The van der Waals surface area contributed by atoms with Crippen molar-refractivity contribution in [2.24, 2.45) is 0 Å². The van der Waals surface area contributed by atoms with Gasteiger partial charge in [0.2, 0.25) is 0 Å². The van der Waals surface area contributed by atoms with Crippen molar-refractivity contribution >= 4 is 45.1 Å². The third-order valence-electron chi connectivity index (χ3n) is 5.10. The number of benzene rings is 2. The van der Waals surface area contributed by atoms with Crippen LogP contribution in [0.1, 0.15) is 5.69 Å². The number of rotatable bonds is 4. The van der Waals surface area contributed by atoms with Gasteiger partial charge < -0.3 is 19.1 Å². The topological polar surface area (TPSA) is 67.5 Å². The summed E-state index contributed by atoms with van der Waals surface area (Å²) >= 11 is 6.43. The standard InChI is InChI=1S/C22H20ClN3O3/c1-13-5-4-10-25(13)14-6-7-15-18(11-14)26(12-19(27)28)20-16(22(15)29)8-9-17(23)21(20)24(2)3/h4-11H,12H2,1-3H3,(H,27,28). The molecule has 0 fully saturated rings. The number of carboxylic acid groups (broad SMARTS) is 1. The Hall–Kier alpha value is -3.25. The van der Waals surface area contributed by atoms with E-state index in [9.17, 15) is 14.7 Å². The van der Waals surface area contributed by atoms with Crippen LogP contribution in [0, 0.1) is 6.92 Å². The molecule has 0 amide bonds. The highest BCUT2D eigenvalue weighted by atomic mass is 35.5. The van der Waals surface area contributed by atoms with Gasteiger partial charge in [0.05, 0.1) is 21.7 Å². The molecule has 29 heavy (non-hydrogen) atoms. The van der Waals surface area contributed by atoms with Gasteiger partial charge in [-0.15, -0.1) is 0 Å². The fourth-order valence-corrected chi connectivity index (χ4v) is 4.16. The van der Waals surface area contributed by atoms with E-state index in [0.717, 1.165) is 11.4 Å². The van der Waals surface area contributed by atoms with Gasteiger partial charge in [-0.05, 0) is 49.4 Å². The number of carboxylic acids is 1. The molecule has 4 rings (SSSR count). The summed E-state index contributed by atoms with van der Waals surface area (Å²) in [6, 6.07) is 12.7. The van der Waals surface area contributed by atoms with Gasteiger partial charge in [0.1, 0.15) is 6.54 Å². The van der Waals surface area contributed by atoms with E-state index in [0.29, 0.717) is 32.5 Å². The van der Waals surface area contributed by atoms with E-state index in [4.69, 9.17) is 11.6 Å². The van der Waals surface area contributed by atoms with Gasteiger partial charge in [0.15, 0.2) is 5.43 Å². The zero-order chi connectivity index (χ0) is 20.9. The molecule has 0 bridgehead atoms. The van der Waals surface area contributed by atoms with E-state index < -0.39 is 5.97 Å². The highest BCUT2D eigenvalue weighted by Gasteiger charge is 2.19. The van der Waals surface area contributed by atoms with Gasteiger partial charge in [-0.1, -0.05) is 11.6 Å². The van der Waals surface area contributed by atoms with Crippen LogP contribution in [0.5, 0.6) is 0 Å². The van der Waals surface area contributed by atoms with Gasteiger partial charge in [0, 0.05) is 42.4 Å². The monoisotopic (exact) mass is 409 g/mol. The van der Waals surface area contributed by atoms with Crippen molar-refractivity contribution in [2.75, 3.05) is 19.0 Å². The summed E-state index contributed by atoms with van der Waals surface area (Å²) in [4.78, 5) is 26.8. The number of hydrogen-bond acceptors (Lipinski definition) is 3. The first-order chi connectivity index (χ1) is 13.8. The molecule has 0 saturated heterocycles. The van der Waals surface area contributed by atoms with Crippen LogP contribution >= 0.6 is 11.6 Å². The molecule has 0 unspecified atom stereocenters. The summed E-state index contributed by atoms with van der Waals surface area (Å²) < 4.78 is 3.65. The molecule has 7 heteroatoms. The maximum absolute atomic E-state index is 13.2. The number of aromatic nitrogens is 2. The molecule has 0 aliphatic carbocycles. The zero-order valence-electron chi connectivity index (χ0n) is 16.3. The van der Waals surface area contributed by atoms with Crippen molar-refractivity contribution < 1.29 is 9.90 Å². The molecule has 6 nitrogen and oxygen atoms in total. The number of fused-ring (bicyclic) bond motifs is 2. The first kappa shape index (κ1) is 19.1. The van der Waals surface area contributed by atoms with Gasteiger partial charge in [-0.25, -0.2) is 0 Å². The normalized spacial score (nSPS) is 11.3. The number of aryl methyl sites for hydroxylation is 1. The van der Waals surface area contributed by atoms with Gasteiger partial charge in [-0.3, -0.25) is 9.59 Å². The lowest BCUT2D eigenvalue weighted by Gasteiger charge is -2.22. The van der Waals surface area contributed by atoms with E-state index in [1.165, 1.54) is 0 Å². The molecule has 0 aliphatic heterocycles. The van der Waals surface area contributed by atoms with E-state index >= 15 is 0 Å². The number of anilines is 1. The molecule has 2 aromatic carbocycles. The summed E-state index contributed by atoms with van der Waals surface area (Å²) in [5, 5.41) is 11.0. The average Bonchev–Trinajstić information content (AvgIpc) is 3.09. The van der Waals surface area contributed by atoms with Crippen molar-refractivity contribution in [1.29, 1.82) is 0 Å². The molecule has 0 spiro atoms. The molecule has 0 atom stereocenters. The molecule has 2 heterocycles. The highest BCUT2D eigenvalue weighted by Crippen LogP contribution is 2.34. The highest BCUT2D eigenvalue weighted by molar-refractivity contribution is 6.35. The Morgan fingerprint density at radius 3 is 2.48 bits per heavy atom. The van der Waals surface area contributed by atoms with Crippen LogP contribution in [0.2, 0.25) is 5.02 Å². The minimum atomic E-state index is -0.997. The summed E-state index contributed by atoms with van der Waals surface area (Å²) in [5.41, 5.74) is 3.43. The zero-order valence-corrected chi connectivity index (χ0v) is 17.1. The molecule has 0 radical (unpaired) electrons. The van der Waals surface area contributed by atoms with Gasteiger partial charge in [-0.2, -0.15) is 0 Å². The molecular formula is C22H20ClN3O3. The Morgan fingerprint density at radius 1 is 1.14 bits per heavy atom. The van der Waals surface area contributed by atoms with E-state index in [1.807, 2.05) is 56.0 Å². The number of pyridine rings is 1. The first-order valence-corrected chi connectivity index (χ1v) is 9.49. The SMILES string of the molecule is Cc1cccn1-c1ccc2c(=O)c3ccc(Cl)c(N(C)C)c3n(CC(=O)O)c2c1. The number of halogens is 1. The first-order valence-electron chi connectivity index (χ1n) is 9.12. The maximum atomic E-state index is 13.2. The smallest absolute Gasteiger partial charge is 0.323 e. The fourth-order valence-electron chi connectivity index (χ4n) is 3.84. The van der Waals surface area contributed by atoms with E-state index in [2.05, 4.69) is 0 Å². The Morgan fingerprint density at radius 2 is 1.86 bits per heavy atom. The van der Waals surface area contributed by atoms with E-state index in [1.54, 1.807) is 27.7 Å². The van der Waals surface area contributed by atoms with Crippen molar-refractivity contribution in [3.8, 4) is 5.69 Å². The Labute approximate surface area is 172 Å². The van der Waals surface area contributed by atoms with Crippen molar-refractivity contribution in [2.45, 2.75) is 13.5 Å². The van der Waals surface area contributed by atoms with Crippen molar-refractivity contribution in [1.82, 2.24) is 9.13 Å². The minimum Gasteiger partial charge on any atom is -0.480 e. The van der Waals surface area contributed by atoms with Crippen LogP contribution in [-0.4, -0.2) is 34.3 Å². The van der Waals surface area contributed by atoms with Crippen LogP contribution in [-0.2, 0) is 11.3 Å². The van der Waals surface area contributed by atoms with Crippen LogP contribution in [0.4, 0.5) is 5.69 Å². The lowest BCUT2D eigenvalue weighted by Crippen LogP contribution is -2.20. The summed E-state index contributed by atoms with van der Waals surface area (Å²) in [6.07, 6.45) is 1.93. The van der Waals surface area contributed by atoms with Gasteiger partial charge >= 0.3 is 5.97 Å². The van der Waals surface area contributed by atoms with Crippen LogP contribution in [0.3, 0.4) is 0 Å². The molecule has 148 valence electrons. The number of hydrogen-bond donors (Lipinski definition) is 1.